The molecule has 0 saturated heterocycles. The highest BCUT2D eigenvalue weighted by Gasteiger charge is 2.11. The van der Waals surface area contributed by atoms with Crippen molar-refractivity contribution < 1.29 is 4.79 Å². The van der Waals surface area contributed by atoms with Crippen LogP contribution in [0.5, 0.6) is 0 Å². The third-order valence-corrected chi connectivity index (χ3v) is 4.01. The first-order valence-corrected chi connectivity index (χ1v) is 6.92. The second-order valence-corrected chi connectivity index (χ2v) is 5.54. The van der Waals surface area contributed by atoms with Gasteiger partial charge in [-0.1, -0.05) is 39.7 Å². The Morgan fingerprint density at radius 3 is 2.58 bits per heavy atom. The Morgan fingerprint density at radius 2 is 1.84 bits per heavy atom. The van der Waals surface area contributed by atoms with Crippen LogP contribution >= 0.6 is 15.9 Å². The van der Waals surface area contributed by atoms with Crippen molar-refractivity contribution >= 4 is 27.5 Å². The fourth-order valence-corrected chi connectivity index (χ4v) is 2.28. The minimum absolute atomic E-state index is 0.0672. The van der Waals surface area contributed by atoms with Crippen molar-refractivity contribution in [3.8, 4) is 0 Å². The fraction of sp³-hybridized carbons (Fsp3) is 0.188. The standard InChI is InChI=1S/C16H16BrNO/c1-10-7-8-11(2)13(9-10)16(19)18-15-6-4-5-14(17)12(15)3/h4-9H,1-3H3,(H,18,19). The van der Waals surface area contributed by atoms with Crippen LogP contribution in [0, 0.1) is 20.8 Å². The van der Waals surface area contributed by atoms with Crippen LogP contribution in [0.2, 0.25) is 0 Å². The lowest BCUT2D eigenvalue weighted by Gasteiger charge is -2.11. The Balaban J connectivity index is 2.31. The fourth-order valence-electron chi connectivity index (χ4n) is 1.91. The number of halogens is 1. The Labute approximate surface area is 122 Å². The van der Waals surface area contributed by atoms with E-state index in [4.69, 9.17) is 0 Å². The van der Waals surface area contributed by atoms with Gasteiger partial charge in [0.15, 0.2) is 0 Å². The zero-order valence-corrected chi connectivity index (χ0v) is 12.8. The van der Waals surface area contributed by atoms with Crippen LogP contribution in [0.25, 0.3) is 0 Å². The summed E-state index contributed by atoms with van der Waals surface area (Å²) in [6.45, 7) is 5.91. The van der Waals surface area contributed by atoms with Crippen LogP contribution in [0.15, 0.2) is 40.9 Å². The summed E-state index contributed by atoms with van der Waals surface area (Å²) in [4.78, 5) is 12.3. The van der Waals surface area contributed by atoms with E-state index < -0.39 is 0 Å². The van der Waals surface area contributed by atoms with E-state index >= 15 is 0 Å². The number of rotatable bonds is 2. The molecule has 0 aromatic heterocycles. The summed E-state index contributed by atoms with van der Waals surface area (Å²) in [6.07, 6.45) is 0. The molecule has 0 bridgehead atoms. The molecule has 0 saturated carbocycles. The quantitative estimate of drug-likeness (QED) is 0.859. The van der Waals surface area contributed by atoms with Crippen LogP contribution in [0.1, 0.15) is 27.0 Å². The van der Waals surface area contributed by atoms with Gasteiger partial charge in [-0.25, -0.2) is 0 Å². The van der Waals surface area contributed by atoms with E-state index in [0.717, 1.165) is 32.4 Å². The maximum absolute atomic E-state index is 12.3. The van der Waals surface area contributed by atoms with Crippen LogP contribution in [0.3, 0.4) is 0 Å². The number of amides is 1. The summed E-state index contributed by atoms with van der Waals surface area (Å²) >= 11 is 3.47. The van der Waals surface area contributed by atoms with Crippen LogP contribution in [-0.4, -0.2) is 5.91 Å². The zero-order chi connectivity index (χ0) is 14.0. The van der Waals surface area contributed by atoms with Gasteiger partial charge >= 0.3 is 0 Å². The van der Waals surface area contributed by atoms with E-state index in [-0.39, 0.29) is 5.91 Å². The summed E-state index contributed by atoms with van der Waals surface area (Å²) in [7, 11) is 0. The summed E-state index contributed by atoms with van der Waals surface area (Å²) in [5, 5.41) is 2.97. The molecule has 1 N–H and O–H groups in total. The molecule has 0 fully saturated rings. The average molecular weight is 318 g/mol. The molecule has 0 radical (unpaired) electrons. The third-order valence-electron chi connectivity index (χ3n) is 3.15. The molecule has 2 aromatic rings. The number of aryl methyl sites for hydroxylation is 2. The maximum atomic E-state index is 12.3. The van der Waals surface area contributed by atoms with Gasteiger partial charge in [0.25, 0.3) is 5.91 Å². The largest absolute Gasteiger partial charge is 0.322 e. The van der Waals surface area contributed by atoms with Gasteiger partial charge in [0.1, 0.15) is 0 Å². The average Bonchev–Trinajstić information content (AvgIpc) is 2.38. The molecule has 0 heterocycles. The number of anilines is 1. The van der Waals surface area contributed by atoms with E-state index in [0.29, 0.717) is 0 Å². The Morgan fingerprint density at radius 1 is 1.11 bits per heavy atom. The van der Waals surface area contributed by atoms with Gasteiger partial charge in [-0.15, -0.1) is 0 Å². The molecule has 2 nitrogen and oxygen atoms in total. The Hall–Kier alpha value is -1.61. The summed E-state index contributed by atoms with van der Waals surface area (Å²) in [5.74, 6) is -0.0672. The van der Waals surface area contributed by atoms with Crippen molar-refractivity contribution in [1.29, 1.82) is 0 Å². The molecule has 2 aromatic carbocycles. The van der Waals surface area contributed by atoms with E-state index in [1.54, 1.807) is 0 Å². The second-order valence-electron chi connectivity index (χ2n) is 4.68. The summed E-state index contributed by atoms with van der Waals surface area (Å²) in [5.41, 5.74) is 4.65. The van der Waals surface area contributed by atoms with Crippen LogP contribution < -0.4 is 5.32 Å². The third kappa shape index (κ3) is 3.04. The Bertz CT molecular complexity index is 635. The predicted molar refractivity (Wildman–Crippen MR) is 82.7 cm³/mol. The minimum Gasteiger partial charge on any atom is -0.322 e. The minimum atomic E-state index is -0.0672. The van der Waals surface area contributed by atoms with Crippen molar-refractivity contribution in [2.75, 3.05) is 5.32 Å². The number of carbonyl (C=O) groups excluding carboxylic acids is 1. The van der Waals surface area contributed by atoms with Crippen molar-refractivity contribution in [3.63, 3.8) is 0 Å². The summed E-state index contributed by atoms with van der Waals surface area (Å²) < 4.78 is 0.992. The number of hydrogen-bond acceptors (Lipinski definition) is 1. The molecule has 1 amide bonds. The topological polar surface area (TPSA) is 29.1 Å². The number of benzene rings is 2. The normalized spacial score (nSPS) is 10.3. The Kier molecular flexibility index (Phi) is 4.05. The van der Waals surface area contributed by atoms with Crippen molar-refractivity contribution in [1.82, 2.24) is 0 Å². The van der Waals surface area contributed by atoms with Gasteiger partial charge in [0, 0.05) is 15.7 Å². The molecule has 0 aliphatic carbocycles. The van der Waals surface area contributed by atoms with Gasteiger partial charge in [-0.05, 0) is 50.1 Å². The lowest BCUT2D eigenvalue weighted by molar-refractivity contribution is 0.102. The molecule has 3 heteroatoms. The molecule has 0 unspecified atom stereocenters. The molecule has 0 spiro atoms. The SMILES string of the molecule is Cc1ccc(C)c(C(=O)Nc2cccc(Br)c2C)c1. The smallest absolute Gasteiger partial charge is 0.255 e. The van der Waals surface area contributed by atoms with Gasteiger partial charge in [-0.2, -0.15) is 0 Å². The van der Waals surface area contributed by atoms with E-state index in [9.17, 15) is 4.79 Å². The van der Waals surface area contributed by atoms with Gasteiger partial charge in [-0.3, -0.25) is 4.79 Å². The molecule has 0 aliphatic heterocycles. The van der Waals surface area contributed by atoms with Gasteiger partial charge in [0.05, 0.1) is 0 Å². The molecule has 98 valence electrons. The summed E-state index contributed by atoms with van der Waals surface area (Å²) in [6, 6.07) is 11.7. The first-order valence-electron chi connectivity index (χ1n) is 6.13. The first kappa shape index (κ1) is 13.8. The molecule has 2 rings (SSSR count). The molecule has 0 aliphatic rings. The maximum Gasteiger partial charge on any atom is 0.255 e. The van der Waals surface area contributed by atoms with Crippen LogP contribution in [-0.2, 0) is 0 Å². The lowest BCUT2D eigenvalue weighted by atomic mass is 10.0. The van der Waals surface area contributed by atoms with Crippen molar-refractivity contribution in [2.24, 2.45) is 0 Å². The van der Waals surface area contributed by atoms with E-state index in [1.807, 2.05) is 57.2 Å². The highest BCUT2D eigenvalue weighted by molar-refractivity contribution is 9.10. The van der Waals surface area contributed by atoms with Crippen molar-refractivity contribution in [3.05, 3.63) is 63.1 Å². The highest BCUT2D eigenvalue weighted by Crippen LogP contribution is 2.24. The monoisotopic (exact) mass is 317 g/mol. The first-order chi connectivity index (χ1) is 8.99. The number of hydrogen-bond donors (Lipinski definition) is 1. The molecular formula is C16H16BrNO. The van der Waals surface area contributed by atoms with Crippen LogP contribution in [0.4, 0.5) is 5.69 Å². The zero-order valence-electron chi connectivity index (χ0n) is 11.3. The van der Waals surface area contributed by atoms with Crippen molar-refractivity contribution in [2.45, 2.75) is 20.8 Å². The molecular weight excluding hydrogens is 302 g/mol. The van der Waals surface area contributed by atoms with Gasteiger partial charge in [0.2, 0.25) is 0 Å². The number of nitrogens with one attached hydrogen (secondary N) is 1. The second kappa shape index (κ2) is 5.57. The molecule has 19 heavy (non-hydrogen) atoms. The van der Waals surface area contributed by atoms with E-state index in [1.165, 1.54) is 0 Å². The van der Waals surface area contributed by atoms with Gasteiger partial charge < -0.3 is 5.32 Å². The number of carbonyl (C=O) groups is 1. The predicted octanol–water partition coefficient (Wildman–Crippen LogP) is 4.63. The lowest BCUT2D eigenvalue weighted by Crippen LogP contribution is -2.14. The molecule has 0 atom stereocenters. The highest BCUT2D eigenvalue weighted by atomic mass is 79.9. The van der Waals surface area contributed by atoms with E-state index in [2.05, 4.69) is 21.2 Å².